The first-order chi connectivity index (χ1) is 19.9. The molecule has 2 heterocycles. The third kappa shape index (κ3) is 7.21. The molecule has 2 aromatic carbocycles. The van der Waals surface area contributed by atoms with Crippen molar-refractivity contribution in [3.05, 3.63) is 80.9 Å². The second-order valence-electron chi connectivity index (χ2n) is 11.7. The monoisotopic (exact) mass is 594 g/mol. The average molecular weight is 595 g/mol. The molecule has 0 radical (unpaired) electrons. The van der Waals surface area contributed by atoms with Gasteiger partial charge in [-0.05, 0) is 56.3 Å². The Morgan fingerprint density at radius 1 is 1.12 bits per heavy atom. The Bertz CT molecular complexity index is 1630. The zero-order valence-electron chi connectivity index (χ0n) is 25.1. The van der Waals surface area contributed by atoms with E-state index in [2.05, 4.69) is 5.32 Å². The first kappa shape index (κ1) is 31.3. The zero-order chi connectivity index (χ0) is 30.6. The minimum atomic E-state index is -0.515. The third-order valence-electron chi connectivity index (χ3n) is 7.33. The van der Waals surface area contributed by atoms with E-state index >= 15 is 0 Å². The molecule has 4 aromatic rings. The third-order valence-corrected chi connectivity index (χ3v) is 7.55. The lowest BCUT2D eigenvalue weighted by Gasteiger charge is -2.23. The molecule has 0 fully saturated rings. The molecule has 0 bridgehead atoms. The molecule has 0 aliphatic rings. The zero-order valence-corrected chi connectivity index (χ0v) is 25.9. The fraction of sp³-hybridized carbons (Fsp3) is 0.406. The number of nitrogens with one attached hydrogen (secondary N) is 1. The number of fused-ring (bicyclic) bond motifs is 1. The lowest BCUT2D eigenvalue weighted by molar-refractivity contribution is -0.118. The summed E-state index contributed by atoms with van der Waals surface area (Å²) in [5.74, 6) is 0.217. The summed E-state index contributed by atoms with van der Waals surface area (Å²) in [7, 11) is 7.33. The minimum Gasteiger partial charge on any atom is -0.458 e. The fourth-order valence-corrected chi connectivity index (χ4v) is 5.36. The Morgan fingerprint density at radius 2 is 1.83 bits per heavy atom. The predicted molar refractivity (Wildman–Crippen MR) is 166 cm³/mol. The Morgan fingerprint density at radius 3 is 2.50 bits per heavy atom. The number of hydrogen-bond donors (Lipinski definition) is 1. The van der Waals surface area contributed by atoms with Crippen molar-refractivity contribution in [2.75, 3.05) is 33.1 Å². The molecule has 0 atom stereocenters. The molecular formula is C32H39ClN4O5. The molecule has 4 rings (SSSR count). The van der Waals surface area contributed by atoms with Crippen LogP contribution in [-0.4, -0.2) is 53.7 Å². The Hall–Kier alpha value is -3.66. The first-order valence-electron chi connectivity index (χ1n) is 13.9. The lowest BCUT2D eigenvalue weighted by Crippen LogP contribution is -2.26. The number of halogens is 1. The number of nitrogens with zero attached hydrogens (tertiary/aromatic N) is 3. The number of amides is 1. The number of Topliss-reactive ketones (excluding diaryl/α,β-unsaturated/α-hetero) is 1. The van der Waals surface area contributed by atoms with Crippen LogP contribution in [0.5, 0.6) is 0 Å². The van der Waals surface area contributed by atoms with E-state index in [1.54, 1.807) is 28.6 Å². The number of hydrogen-bond acceptors (Lipinski definition) is 6. The quantitative estimate of drug-likeness (QED) is 0.195. The van der Waals surface area contributed by atoms with Gasteiger partial charge in [-0.2, -0.15) is 0 Å². The molecule has 0 saturated carbocycles. The summed E-state index contributed by atoms with van der Waals surface area (Å²) in [5, 5.41) is 4.10. The molecule has 1 N–H and O–H groups in total. The van der Waals surface area contributed by atoms with Crippen LogP contribution in [0.3, 0.4) is 0 Å². The molecule has 0 unspecified atom stereocenters. The van der Waals surface area contributed by atoms with Gasteiger partial charge in [-0.15, -0.1) is 0 Å². The fourth-order valence-electron chi connectivity index (χ4n) is 5.13. The summed E-state index contributed by atoms with van der Waals surface area (Å²) in [6.45, 7) is 4.88. The Labute approximate surface area is 251 Å². The van der Waals surface area contributed by atoms with Crippen LogP contribution in [0.4, 0.5) is 5.69 Å². The number of benzene rings is 2. The summed E-state index contributed by atoms with van der Waals surface area (Å²) < 4.78 is 14.4. The van der Waals surface area contributed by atoms with Gasteiger partial charge in [-0.25, -0.2) is 4.68 Å². The maximum atomic E-state index is 13.5. The number of ether oxygens (including phenoxy) is 1. The molecule has 10 heteroatoms. The number of likely N-dealkylation sites (N-methyl/N-ethyl adjacent to an activating group) is 1. The van der Waals surface area contributed by atoms with Crippen LogP contribution in [0.1, 0.15) is 54.9 Å². The average Bonchev–Trinajstić information content (AvgIpc) is 3.43. The molecule has 224 valence electrons. The van der Waals surface area contributed by atoms with Crippen LogP contribution in [0.15, 0.2) is 57.7 Å². The van der Waals surface area contributed by atoms with Gasteiger partial charge in [0, 0.05) is 50.4 Å². The molecule has 9 nitrogen and oxygen atoms in total. The summed E-state index contributed by atoms with van der Waals surface area (Å²) in [4.78, 5) is 42.2. The highest BCUT2D eigenvalue weighted by Crippen LogP contribution is 2.32. The van der Waals surface area contributed by atoms with E-state index in [4.69, 9.17) is 20.8 Å². The lowest BCUT2D eigenvalue weighted by atomic mass is 9.82. The smallest absolute Gasteiger partial charge is 0.295 e. The van der Waals surface area contributed by atoms with Crippen molar-refractivity contribution in [2.24, 2.45) is 12.5 Å². The van der Waals surface area contributed by atoms with Gasteiger partial charge in [-0.1, -0.05) is 43.6 Å². The van der Waals surface area contributed by atoms with Gasteiger partial charge in [0.2, 0.25) is 5.91 Å². The standard InChI is InChI=1S/C32H39ClN4O5/c1-32(2,14-12-27(38)25-18-22(33)16-21-17-24(20-41-6)42-30(21)25)19-28(39)34-29-26(13-15-35(3)4)36(5)37(31(29)40)23-10-8-7-9-11-23/h7-11,16-18H,12-15,19-20H2,1-6H3,(H,34,39). The Balaban J connectivity index is 1.49. The molecule has 0 spiro atoms. The molecule has 42 heavy (non-hydrogen) atoms. The van der Waals surface area contributed by atoms with E-state index < -0.39 is 5.41 Å². The van der Waals surface area contributed by atoms with E-state index in [1.165, 1.54) is 0 Å². The normalized spacial score (nSPS) is 11.9. The van der Waals surface area contributed by atoms with Gasteiger partial charge in [-0.3, -0.25) is 19.1 Å². The maximum absolute atomic E-state index is 13.5. The van der Waals surface area contributed by atoms with Gasteiger partial charge < -0.3 is 19.4 Å². The van der Waals surface area contributed by atoms with E-state index in [0.29, 0.717) is 41.3 Å². The number of rotatable bonds is 13. The van der Waals surface area contributed by atoms with Crippen LogP contribution < -0.4 is 10.9 Å². The van der Waals surface area contributed by atoms with E-state index in [-0.39, 0.29) is 42.4 Å². The number of ketones is 1. The Kier molecular flexibility index (Phi) is 9.76. The number of anilines is 1. The van der Waals surface area contributed by atoms with Crippen LogP contribution in [0, 0.1) is 5.41 Å². The number of furan rings is 1. The van der Waals surface area contributed by atoms with Crippen LogP contribution >= 0.6 is 11.6 Å². The first-order valence-corrected chi connectivity index (χ1v) is 14.3. The number of carbonyl (C=O) groups is 2. The van der Waals surface area contributed by atoms with Gasteiger partial charge in [0.25, 0.3) is 5.56 Å². The number of methoxy groups -OCH3 is 1. The van der Waals surface area contributed by atoms with Crippen molar-refractivity contribution in [2.45, 2.75) is 46.1 Å². The molecule has 0 aliphatic carbocycles. The van der Waals surface area contributed by atoms with Crippen LogP contribution in [0.25, 0.3) is 16.7 Å². The maximum Gasteiger partial charge on any atom is 0.295 e. The van der Waals surface area contributed by atoms with Gasteiger partial charge in [0.15, 0.2) is 5.78 Å². The summed E-state index contributed by atoms with van der Waals surface area (Å²) in [6, 6.07) is 14.5. The van der Waals surface area contributed by atoms with E-state index in [0.717, 1.165) is 16.8 Å². The highest BCUT2D eigenvalue weighted by atomic mass is 35.5. The number of para-hydroxylation sites is 1. The van der Waals surface area contributed by atoms with Crippen molar-refractivity contribution < 1.29 is 18.7 Å². The van der Waals surface area contributed by atoms with Crippen molar-refractivity contribution >= 4 is 39.9 Å². The summed E-state index contributed by atoms with van der Waals surface area (Å²) in [6.07, 6.45) is 1.38. The second-order valence-corrected chi connectivity index (χ2v) is 12.1. The van der Waals surface area contributed by atoms with Crippen molar-refractivity contribution in [3.63, 3.8) is 0 Å². The number of carbonyl (C=O) groups excluding carboxylic acids is 2. The molecule has 0 aliphatic heterocycles. The topological polar surface area (TPSA) is 98.7 Å². The summed E-state index contributed by atoms with van der Waals surface area (Å²) >= 11 is 6.30. The molecule has 0 saturated heterocycles. The predicted octanol–water partition coefficient (Wildman–Crippen LogP) is 5.84. The van der Waals surface area contributed by atoms with Crippen molar-refractivity contribution in [3.8, 4) is 5.69 Å². The summed E-state index contributed by atoms with van der Waals surface area (Å²) in [5.41, 5.74) is 1.85. The van der Waals surface area contributed by atoms with Gasteiger partial charge in [0.1, 0.15) is 23.6 Å². The van der Waals surface area contributed by atoms with Crippen LogP contribution in [-0.2, 0) is 29.6 Å². The van der Waals surface area contributed by atoms with Crippen LogP contribution in [0.2, 0.25) is 5.02 Å². The van der Waals surface area contributed by atoms with Gasteiger partial charge in [0.05, 0.1) is 16.9 Å². The number of aromatic nitrogens is 2. The highest BCUT2D eigenvalue weighted by Gasteiger charge is 2.27. The van der Waals surface area contributed by atoms with Gasteiger partial charge >= 0.3 is 0 Å². The molecular weight excluding hydrogens is 556 g/mol. The molecule has 1 amide bonds. The SMILES string of the molecule is COCc1cc2cc(Cl)cc(C(=O)CCC(C)(C)CC(=O)Nc3c(CCN(C)C)n(C)n(-c4ccccc4)c3=O)c2o1. The van der Waals surface area contributed by atoms with E-state index in [1.807, 2.05) is 76.3 Å². The second kappa shape index (κ2) is 13.1. The minimum absolute atomic E-state index is 0.117. The highest BCUT2D eigenvalue weighted by molar-refractivity contribution is 6.32. The van der Waals surface area contributed by atoms with Crippen molar-refractivity contribution in [1.29, 1.82) is 0 Å². The molecule has 2 aromatic heterocycles. The van der Waals surface area contributed by atoms with E-state index in [9.17, 15) is 14.4 Å². The largest absolute Gasteiger partial charge is 0.458 e. The van der Waals surface area contributed by atoms with Crippen molar-refractivity contribution in [1.82, 2.24) is 14.3 Å².